The molecular formula is C20H20FNO2. The third-order valence-electron chi connectivity index (χ3n) is 4.09. The summed E-state index contributed by atoms with van der Waals surface area (Å²) in [4.78, 5) is 14.5. The van der Waals surface area contributed by atoms with Crippen molar-refractivity contribution >= 4 is 17.7 Å². The molecule has 1 saturated heterocycles. The van der Waals surface area contributed by atoms with E-state index >= 15 is 0 Å². The van der Waals surface area contributed by atoms with Gasteiger partial charge in [0.1, 0.15) is 5.82 Å². The third-order valence-corrected chi connectivity index (χ3v) is 4.09. The lowest BCUT2D eigenvalue weighted by atomic mass is 10.1. The molecule has 0 spiro atoms. The first kappa shape index (κ1) is 16.4. The summed E-state index contributed by atoms with van der Waals surface area (Å²) in [5.41, 5.74) is 1.67. The monoisotopic (exact) mass is 325 g/mol. The Bertz CT molecular complexity index is 691. The number of halogens is 1. The van der Waals surface area contributed by atoms with E-state index in [-0.39, 0.29) is 11.7 Å². The van der Waals surface area contributed by atoms with Crippen LogP contribution in [0.25, 0.3) is 6.08 Å². The molecule has 124 valence electrons. The number of hydrogen-bond acceptors (Lipinski definition) is 2. The van der Waals surface area contributed by atoms with Crippen LogP contribution in [0.1, 0.15) is 12.0 Å². The largest absolute Gasteiger partial charge is 0.381 e. The number of hydrogen-bond donors (Lipinski definition) is 0. The average Bonchev–Trinajstić information content (AvgIpc) is 3.13. The molecule has 0 aliphatic carbocycles. The molecule has 2 aromatic carbocycles. The van der Waals surface area contributed by atoms with Crippen molar-refractivity contribution < 1.29 is 13.9 Å². The highest BCUT2D eigenvalue weighted by Crippen LogP contribution is 2.20. The van der Waals surface area contributed by atoms with Crippen molar-refractivity contribution in [2.75, 3.05) is 24.7 Å². The van der Waals surface area contributed by atoms with E-state index in [1.807, 2.05) is 30.3 Å². The molecular weight excluding hydrogens is 305 g/mol. The molecule has 1 atom stereocenters. The van der Waals surface area contributed by atoms with Crippen molar-refractivity contribution in [3.8, 4) is 0 Å². The number of nitrogens with zero attached hydrogens (tertiary/aromatic N) is 1. The van der Waals surface area contributed by atoms with E-state index in [4.69, 9.17) is 4.74 Å². The fraction of sp³-hybridized carbons (Fsp3) is 0.250. The molecule has 24 heavy (non-hydrogen) atoms. The minimum atomic E-state index is -0.286. The maximum absolute atomic E-state index is 13.0. The molecule has 2 aromatic rings. The Labute approximate surface area is 141 Å². The van der Waals surface area contributed by atoms with E-state index in [9.17, 15) is 9.18 Å². The van der Waals surface area contributed by atoms with Crippen LogP contribution in [0.3, 0.4) is 0 Å². The van der Waals surface area contributed by atoms with Gasteiger partial charge in [0.2, 0.25) is 0 Å². The van der Waals surface area contributed by atoms with Crippen LogP contribution in [0.15, 0.2) is 60.7 Å². The number of rotatable bonds is 5. The van der Waals surface area contributed by atoms with Crippen LogP contribution in [0.4, 0.5) is 10.1 Å². The van der Waals surface area contributed by atoms with Crippen LogP contribution in [-0.4, -0.2) is 25.7 Å². The smallest absolute Gasteiger partial charge is 0.250 e. The molecule has 1 aliphatic rings. The number of para-hydroxylation sites is 1. The molecule has 1 heterocycles. The van der Waals surface area contributed by atoms with Crippen molar-refractivity contribution in [3.63, 3.8) is 0 Å². The van der Waals surface area contributed by atoms with E-state index in [1.165, 1.54) is 18.2 Å². The summed E-state index contributed by atoms with van der Waals surface area (Å²) in [6.45, 7) is 2.09. The lowest BCUT2D eigenvalue weighted by Crippen LogP contribution is -2.34. The second kappa shape index (κ2) is 7.88. The van der Waals surface area contributed by atoms with Crippen molar-refractivity contribution in [1.29, 1.82) is 0 Å². The van der Waals surface area contributed by atoms with Gasteiger partial charge in [-0.15, -0.1) is 0 Å². The number of ether oxygens (including phenoxy) is 1. The number of carbonyl (C=O) groups is 1. The summed E-state index contributed by atoms with van der Waals surface area (Å²) in [5, 5.41) is 0. The van der Waals surface area contributed by atoms with E-state index < -0.39 is 0 Å². The Balaban J connectivity index is 1.76. The van der Waals surface area contributed by atoms with E-state index in [1.54, 1.807) is 23.1 Å². The van der Waals surface area contributed by atoms with Gasteiger partial charge in [-0.1, -0.05) is 30.3 Å². The van der Waals surface area contributed by atoms with Gasteiger partial charge in [0.05, 0.1) is 6.61 Å². The SMILES string of the molecule is O=C(C=Cc1ccc(F)cc1)N(CC1CCOC1)c1ccccc1. The Morgan fingerprint density at radius 1 is 1.17 bits per heavy atom. The van der Waals surface area contributed by atoms with E-state index in [0.717, 1.165) is 24.3 Å². The molecule has 1 unspecified atom stereocenters. The summed E-state index contributed by atoms with van der Waals surface area (Å²) in [7, 11) is 0. The fourth-order valence-corrected chi connectivity index (χ4v) is 2.75. The summed E-state index contributed by atoms with van der Waals surface area (Å²) in [6, 6.07) is 15.7. The number of anilines is 1. The first-order chi connectivity index (χ1) is 11.7. The first-order valence-electron chi connectivity index (χ1n) is 8.10. The van der Waals surface area contributed by atoms with Gasteiger partial charge in [0.15, 0.2) is 0 Å². The summed E-state index contributed by atoms with van der Waals surface area (Å²) >= 11 is 0. The van der Waals surface area contributed by atoms with Crippen molar-refractivity contribution in [3.05, 3.63) is 72.1 Å². The quantitative estimate of drug-likeness (QED) is 0.780. The van der Waals surface area contributed by atoms with Crippen LogP contribution in [0.5, 0.6) is 0 Å². The van der Waals surface area contributed by atoms with Gasteiger partial charge in [0, 0.05) is 30.8 Å². The van der Waals surface area contributed by atoms with Gasteiger partial charge in [-0.3, -0.25) is 4.79 Å². The molecule has 3 rings (SSSR count). The molecule has 3 nitrogen and oxygen atoms in total. The predicted octanol–water partition coefficient (Wildman–Crippen LogP) is 3.91. The highest BCUT2D eigenvalue weighted by Gasteiger charge is 2.22. The topological polar surface area (TPSA) is 29.5 Å². The zero-order valence-electron chi connectivity index (χ0n) is 13.4. The Morgan fingerprint density at radius 3 is 2.58 bits per heavy atom. The zero-order valence-corrected chi connectivity index (χ0v) is 13.4. The van der Waals surface area contributed by atoms with Crippen molar-refractivity contribution in [1.82, 2.24) is 0 Å². The lowest BCUT2D eigenvalue weighted by molar-refractivity contribution is -0.114. The highest BCUT2D eigenvalue weighted by molar-refractivity contribution is 6.03. The van der Waals surface area contributed by atoms with Gasteiger partial charge < -0.3 is 9.64 Å². The molecule has 0 saturated carbocycles. The van der Waals surface area contributed by atoms with E-state index in [0.29, 0.717) is 19.1 Å². The summed E-state index contributed by atoms with van der Waals surface area (Å²) in [5.74, 6) is -0.0172. The molecule has 0 radical (unpaired) electrons. The minimum Gasteiger partial charge on any atom is -0.381 e. The minimum absolute atomic E-state index is 0.0857. The third kappa shape index (κ3) is 4.30. The van der Waals surface area contributed by atoms with Crippen LogP contribution in [-0.2, 0) is 9.53 Å². The standard InChI is InChI=1S/C20H20FNO2/c21-18-9-6-16(7-10-18)8-11-20(23)22(14-17-12-13-24-15-17)19-4-2-1-3-5-19/h1-11,17H,12-15H2. The Morgan fingerprint density at radius 2 is 1.92 bits per heavy atom. The average molecular weight is 325 g/mol. The van der Waals surface area contributed by atoms with Gasteiger partial charge in [0.25, 0.3) is 5.91 Å². The molecule has 1 amide bonds. The van der Waals surface area contributed by atoms with Crippen molar-refractivity contribution in [2.24, 2.45) is 5.92 Å². The number of benzene rings is 2. The molecule has 0 aromatic heterocycles. The molecule has 0 N–H and O–H groups in total. The molecule has 4 heteroatoms. The maximum Gasteiger partial charge on any atom is 0.250 e. The van der Waals surface area contributed by atoms with Crippen LogP contribution < -0.4 is 4.90 Å². The molecule has 1 fully saturated rings. The first-order valence-corrected chi connectivity index (χ1v) is 8.10. The number of carbonyl (C=O) groups excluding carboxylic acids is 1. The normalized spacial score (nSPS) is 17.3. The molecule has 0 bridgehead atoms. The maximum atomic E-state index is 13.0. The second-order valence-electron chi connectivity index (χ2n) is 5.90. The zero-order chi connectivity index (χ0) is 16.8. The lowest BCUT2D eigenvalue weighted by Gasteiger charge is -2.24. The van der Waals surface area contributed by atoms with Crippen LogP contribution in [0.2, 0.25) is 0 Å². The van der Waals surface area contributed by atoms with E-state index in [2.05, 4.69) is 0 Å². The summed E-state index contributed by atoms with van der Waals surface area (Å²) < 4.78 is 18.4. The summed E-state index contributed by atoms with van der Waals surface area (Å²) in [6.07, 6.45) is 4.22. The highest BCUT2D eigenvalue weighted by atomic mass is 19.1. The van der Waals surface area contributed by atoms with Crippen LogP contribution in [0, 0.1) is 11.7 Å². The van der Waals surface area contributed by atoms with Gasteiger partial charge in [-0.2, -0.15) is 0 Å². The van der Waals surface area contributed by atoms with Gasteiger partial charge in [-0.05, 0) is 42.3 Å². The Hall–Kier alpha value is -2.46. The second-order valence-corrected chi connectivity index (χ2v) is 5.90. The predicted molar refractivity (Wildman–Crippen MR) is 93.2 cm³/mol. The van der Waals surface area contributed by atoms with Crippen LogP contribution >= 0.6 is 0 Å². The van der Waals surface area contributed by atoms with Gasteiger partial charge in [-0.25, -0.2) is 4.39 Å². The molecule has 1 aliphatic heterocycles. The number of amides is 1. The van der Waals surface area contributed by atoms with Gasteiger partial charge >= 0.3 is 0 Å². The Kier molecular flexibility index (Phi) is 5.39. The van der Waals surface area contributed by atoms with Crippen molar-refractivity contribution in [2.45, 2.75) is 6.42 Å². The fourth-order valence-electron chi connectivity index (χ4n) is 2.75.